The van der Waals surface area contributed by atoms with Gasteiger partial charge in [-0.25, -0.2) is 9.78 Å². The van der Waals surface area contributed by atoms with E-state index in [9.17, 15) is 9.59 Å². The van der Waals surface area contributed by atoms with Crippen LogP contribution < -0.4 is 5.32 Å². The van der Waals surface area contributed by atoms with E-state index in [1.165, 1.54) is 7.11 Å². The summed E-state index contributed by atoms with van der Waals surface area (Å²) in [6.45, 7) is 0. The molecule has 6 nitrogen and oxygen atoms in total. The van der Waals surface area contributed by atoms with E-state index in [0.717, 1.165) is 28.4 Å². The maximum atomic E-state index is 12.1. The third-order valence-corrected chi connectivity index (χ3v) is 4.68. The van der Waals surface area contributed by atoms with Crippen LogP contribution in [0.1, 0.15) is 23.2 Å². The van der Waals surface area contributed by atoms with Gasteiger partial charge in [-0.15, -0.1) is 0 Å². The van der Waals surface area contributed by atoms with E-state index in [0.29, 0.717) is 17.7 Å². The lowest BCUT2D eigenvalue weighted by molar-refractivity contribution is -0.116. The van der Waals surface area contributed by atoms with Gasteiger partial charge in [-0.1, -0.05) is 30.0 Å². The number of para-hydroxylation sites is 2. The Balaban J connectivity index is 1.45. The fourth-order valence-electron chi connectivity index (χ4n) is 2.46. The van der Waals surface area contributed by atoms with Gasteiger partial charge in [-0.3, -0.25) is 4.79 Å². The number of nitrogens with zero attached hydrogens (tertiary/aromatic N) is 1. The number of rotatable bonds is 7. The van der Waals surface area contributed by atoms with Crippen LogP contribution in [-0.4, -0.2) is 34.7 Å². The van der Waals surface area contributed by atoms with Gasteiger partial charge in [-0.05, 0) is 36.8 Å². The smallest absolute Gasteiger partial charge is 0.337 e. The van der Waals surface area contributed by atoms with Crippen LogP contribution >= 0.6 is 11.8 Å². The summed E-state index contributed by atoms with van der Waals surface area (Å²) in [4.78, 5) is 31.3. The number of hydrogen-bond acceptors (Lipinski definition) is 5. The Morgan fingerprint density at radius 1 is 1.19 bits per heavy atom. The maximum absolute atomic E-state index is 12.1. The summed E-state index contributed by atoms with van der Waals surface area (Å²) in [5, 5.41) is 3.66. The summed E-state index contributed by atoms with van der Waals surface area (Å²) in [6, 6.07) is 14.6. The first kappa shape index (κ1) is 18.0. The van der Waals surface area contributed by atoms with Crippen molar-refractivity contribution in [3.05, 3.63) is 54.1 Å². The number of carbonyl (C=O) groups is 2. The third-order valence-electron chi connectivity index (χ3n) is 3.72. The van der Waals surface area contributed by atoms with E-state index in [1.54, 1.807) is 36.0 Å². The quantitative estimate of drug-likeness (QED) is 0.375. The molecule has 0 atom stereocenters. The van der Waals surface area contributed by atoms with Crippen molar-refractivity contribution in [2.75, 3.05) is 18.2 Å². The highest BCUT2D eigenvalue weighted by molar-refractivity contribution is 7.99. The number of H-pyrrole nitrogens is 1. The molecule has 0 unspecified atom stereocenters. The Morgan fingerprint density at radius 3 is 2.85 bits per heavy atom. The first-order chi connectivity index (χ1) is 12.7. The molecule has 0 aliphatic rings. The lowest BCUT2D eigenvalue weighted by Gasteiger charge is -2.06. The fourth-order valence-corrected chi connectivity index (χ4v) is 3.29. The van der Waals surface area contributed by atoms with Crippen molar-refractivity contribution in [1.82, 2.24) is 9.97 Å². The number of ether oxygens (including phenoxy) is 1. The molecule has 1 aromatic heterocycles. The van der Waals surface area contributed by atoms with Crippen LogP contribution in [0.15, 0.2) is 53.7 Å². The van der Waals surface area contributed by atoms with Crippen LogP contribution in [0.25, 0.3) is 11.0 Å². The highest BCUT2D eigenvalue weighted by Gasteiger charge is 2.08. The molecular formula is C19H19N3O3S. The van der Waals surface area contributed by atoms with E-state index in [1.807, 2.05) is 24.3 Å². The number of thioether (sulfide) groups is 1. The van der Waals surface area contributed by atoms with Gasteiger partial charge in [0.15, 0.2) is 5.16 Å². The zero-order valence-corrected chi connectivity index (χ0v) is 15.1. The normalized spacial score (nSPS) is 10.7. The second kappa shape index (κ2) is 8.53. The van der Waals surface area contributed by atoms with Gasteiger partial charge in [0.2, 0.25) is 5.91 Å². The minimum atomic E-state index is -0.427. The Kier molecular flexibility index (Phi) is 5.91. The summed E-state index contributed by atoms with van der Waals surface area (Å²) < 4.78 is 4.68. The number of aromatic amines is 1. The molecule has 0 aliphatic heterocycles. The third kappa shape index (κ3) is 4.64. The van der Waals surface area contributed by atoms with Crippen molar-refractivity contribution in [2.24, 2.45) is 0 Å². The Bertz CT molecular complexity index is 890. The molecule has 0 fully saturated rings. The molecule has 0 aliphatic carbocycles. The van der Waals surface area contributed by atoms with Gasteiger partial charge >= 0.3 is 5.97 Å². The largest absolute Gasteiger partial charge is 0.465 e. The average molecular weight is 369 g/mol. The Labute approximate surface area is 155 Å². The SMILES string of the molecule is COC(=O)c1cccc(NC(=O)CCCSc2nc3ccccc3[nH]2)c1. The molecule has 2 aromatic carbocycles. The summed E-state index contributed by atoms with van der Waals surface area (Å²) in [7, 11) is 1.33. The van der Waals surface area contributed by atoms with E-state index in [4.69, 9.17) is 0 Å². The van der Waals surface area contributed by atoms with Gasteiger partial charge in [0.05, 0.1) is 23.7 Å². The molecule has 0 spiro atoms. The highest BCUT2D eigenvalue weighted by Crippen LogP contribution is 2.20. The van der Waals surface area contributed by atoms with Crippen molar-refractivity contribution in [3.63, 3.8) is 0 Å². The number of nitrogens with one attached hydrogen (secondary N) is 2. The molecule has 0 saturated heterocycles. The van der Waals surface area contributed by atoms with Crippen LogP contribution in [0.2, 0.25) is 0 Å². The van der Waals surface area contributed by atoms with Gasteiger partial charge in [0.1, 0.15) is 0 Å². The number of amides is 1. The predicted molar refractivity (Wildman–Crippen MR) is 102 cm³/mol. The number of benzene rings is 2. The zero-order chi connectivity index (χ0) is 18.4. The van der Waals surface area contributed by atoms with Gasteiger partial charge in [0.25, 0.3) is 0 Å². The van der Waals surface area contributed by atoms with E-state index in [2.05, 4.69) is 20.0 Å². The van der Waals surface area contributed by atoms with Crippen LogP contribution in [0.4, 0.5) is 5.69 Å². The van der Waals surface area contributed by atoms with Crippen molar-refractivity contribution in [3.8, 4) is 0 Å². The molecule has 1 amide bonds. The molecule has 0 saturated carbocycles. The monoisotopic (exact) mass is 369 g/mol. The lowest BCUT2D eigenvalue weighted by Crippen LogP contribution is -2.12. The standard InChI is InChI=1S/C19H19N3O3S/c1-25-18(24)13-6-4-7-14(12-13)20-17(23)10-5-11-26-19-21-15-8-2-3-9-16(15)22-19/h2-4,6-9,12H,5,10-11H2,1H3,(H,20,23)(H,21,22). The van der Waals surface area contributed by atoms with Crippen LogP contribution in [0.5, 0.6) is 0 Å². The maximum Gasteiger partial charge on any atom is 0.337 e. The van der Waals surface area contributed by atoms with E-state index < -0.39 is 5.97 Å². The van der Waals surface area contributed by atoms with Crippen molar-refractivity contribution in [2.45, 2.75) is 18.0 Å². The Morgan fingerprint density at radius 2 is 2.04 bits per heavy atom. The minimum Gasteiger partial charge on any atom is -0.465 e. The first-order valence-corrected chi connectivity index (χ1v) is 9.20. The van der Waals surface area contributed by atoms with Crippen molar-refractivity contribution in [1.29, 1.82) is 0 Å². The van der Waals surface area contributed by atoms with Gasteiger partial charge < -0.3 is 15.0 Å². The van der Waals surface area contributed by atoms with Crippen LogP contribution in [0.3, 0.4) is 0 Å². The molecule has 7 heteroatoms. The van der Waals surface area contributed by atoms with Crippen LogP contribution in [0, 0.1) is 0 Å². The van der Waals surface area contributed by atoms with Gasteiger partial charge in [-0.2, -0.15) is 0 Å². The first-order valence-electron chi connectivity index (χ1n) is 8.21. The molecule has 0 radical (unpaired) electrons. The number of esters is 1. The van der Waals surface area contributed by atoms with Gasteiger partial charge in [0, 0.05) is 17.9 Å². The molecule has 134 valence electrons. The van der Waals surface area contributed by atoms with Crippen LogP contribution in [-0.2, 0) is 9.53 Å². The summed E-state index contributed by atoms with van der Waals surface area (Å²) >= 11 is 1.60. The minimum absolute atomic E-state index is 0.0859. The average Bonchev–Trinajstić information content (AvgIpc) is 3.07. The number of imidazole rings is 1. The number of anilines is 1. The number of fused-ring (bicyclic) bond motifs is 1. The molecule has 3 rings (SSSR count). The fraction of sp³-hybridized carbons (Fsp3) is 0.211. The summed E-state index contributed by atoms with van der Waals surface area (Å²) in [5.74, 6) is 0.274. The van der Waals surface area contributed by atoms with Crippen molar-refractivity contribution >= 4 is 40.4 Å². The highest BCUT2D eigenvalue weighted by atomic mass is 32.2. The number of carbonyl (C=O) groups excluding carboxylic acids is 2. The van der Waals surface area contributed by atoms with E-state index >= 15 is 0 Å². The number of methoxy groups -OCH3 is 1. The molecule has 3 aromatic rings. The topological polar surface area (TPSA) is 84.1 Å². The second-order valence-corrected chi connectivity index (χ2v) is 6.72. The molecular weight excluding hydrogens is 350 g/mol. The Hall–Kier alpha value is -2.80. The van der Waals surface area contributed by atoms with E-state index in [-0.39, 0.29) is 5.91 Å². The molecule has 0 bridgehead atoms. The summed E-state index contributed by atoms with van der Waals surface area (Å²) in [6.07, 6.45) is 1.12. The van der Waals surface area contributed by atoms with Crippen molar-refractivity contribution < 1.29 is 14.3 Å². The zero-order valence-electron chi connectivity index (χ0n) is 14.3. The molecule has 2 N–H and O–H groups in total. The summed E-state index contributed by atoms with van der Waals surface area (Å²) in [5.41, 5.74) is 2.95. The lowest BCUT2D eigenvalue weighted by atomic mass is 10.2. The number of aromatic nitrogens is 2. The molecule has 1 heterocycles. The number of hydrogen-bond donors (Lipinski definition) is 2. The second-order valence-electron chi connectivity index (χ2n) is 5.63. The molecule has 26 heavy (non-hydrogen) atoms. The predicted octanol–water partition coefficient (Wildman–Crippen LogP) is 3.86.